The Morgan fingerprint density at radius 2 is 1.76 bits per heavy atom. The lowest BCUT2D eigenvalue weighted by Gasteiger charge is -2.29. The molecule has 0 aromatic rings. The molecule has 118 valence electrons. The molecular formula is C18H30N2O. The zero-order valence-corrected chi connectivity index (χ0v) is 13.3. The van der Waals surface area contributed by atoms with Crippen LogP contribution in [-0.4, -0.2) is 29.1 Å². The molecule has 0 radical (unpaired) electrons. The minimum Gasteiger partial charge on any atom is -0.325 e. The third kappa shape index (κ3) is 2.62. The lowest BCUT2D eigenvalue weighted by molar-refractivity contribution is -0.133. The topological polar surface area (TPSA) is 32.3 Å². The van der Waals surface area contributed by atoms with Gasteiger partial charge in [-0.2, -0.15) is 0 Å². The second-order valence-electron chi connectivity index (χ2n) is 8.01. The van der Waals surface area contributed by atoms with Crippen molar-refractivity contribution in [3.05, 3.63) is 0 Å². The summed E-state index contributed by atoms with van der Waals surface area (Å²) in [4.78, 5) is 15.3. The van der Waals surface area contributed by atoms with E-state index in [1.165, 1.54) is 64.2 Å². The third-order valence-corrected chi connectivity index (χ3v) is 6.44. The summed E-state index contributed by atoms with van der Waals surface area (Å²) in [6.07, 6.45) is 15.8. The van der Waals surface area contributed by atoms with Crippen LogP contribution >= 0.6 is 0 Å². The zero-order chi connectivity index (χ0) is 14.3. The molecular weight excluding hydrogens is 260 g/mol. The molecule has 0 bridgehead atoms. The van der Waals surface area contributed by atoms with Gasteiger partial charge in [0, 0.05) is 6.54 Å². The van der Waals surface area contributed by atoms with Crippen molar-refractivity contribution >= 4 is 5.91 Å². The summed E-state index contributed by atoms with van der Waals surface area (Å²) in [6.45, 7) is 1.01. The van der Waals surface area contributed by atoms with Gasteiger partial charge in [0.1, 0.15) is 0 Å². The molecule has 1 unspecified atom stereocenters. The van der Waals surface area contributed by atoms with Gasteiger partial charge in [-0.1, -0.05) is 38.5 Å². The van der Waals surface area contributed by atoms with Gasteiger partial charge in [0.2, 0.25) is 5.91 Å². The summed E-state index contributed by atoms with van der Waals surface area (Å²) in [6, 6.07) is 0. The highest BCUT2D eigenvalue weighted by Gasteiger charge is 2.53. The number of carbonyl (C=O) groups excluding carboxylic acids is 1. The van der Waals surface area contributed by atoms with Crippen LogP contribution in [0, 0.1) is 11.8 Å². The molecule has 0 aromatic heterocycles. The van der Waals surface area contributed by atoms with Gasteiger partial charge in [0.25, 0.3) is 0 Å². The molecule has 1 atom stereocenters. The Balaban J connectivity index is 1.46. The first-order chi connectivity index (χ1) is 10.3. The highest BCUT2D eigenvalue weighted by atomic mass is 16.2. The predicted octanol–water partition coefficient (Wildman–Crippen LogP) is 3.44. The molecule has 21 heavy (non-hydrogen) atoms. The highest BCUT2D eigenvalue weighted by molar-refractivity contribution is 5.89. The van der Waals surface area contributed by atoms with E-state index in [1.54, 1.807) is 0 Å². The molecule has 1 amide bonds. The van der Waals surface area contributed by atoms with Crippen LogP contribution in [-0.2, 0) is 4.79 Å². The van der Waals surface area contributed by atoms with Gasteiger partial charge in [-0.3, -0.25) is 10.1 Å². The fourth-order valence-electron chi connectivity index (χ4n) is 5.00. The van der Waals surface area contributed by atoms with Crippen LogP contribution in [0.5, 0.6) is 0 Å². The van der Waals surface area contributed by atoms with Crippen LogP contribution in [0.1, 0.15) is 77.0 Å². The van der Waals surface area contributed by atoms with Gasteiger partial charge in [-0.05, 0) is 50.4 Å². The van der Waals surface area contributed by atoms with Gasteiger partial charge in [0.15, 0.2) is 0 Å². The molecule has 4 rings (SSSR count). The number of nitrogens with zero attached hydrogens (tertiary/aromatic N) is 1. The van der Waals surface area contributed by atoms with E-state index < -0.39 is 0 Å². The average Bonchev–Trinajstić information content (AvgIpc) is 2.94. The van der Waals surface area contributed by atoms with Gasteiger partial charge in [-0.25, -0.2) is 0 Å². The summed E-state index contributed by atoms with van der Waals surface area (Å²) in [7, 11) is 0. The molecule has 3 heteroatoms. The maximum atomic E-state index is 13.1. The fraction of sp³-hybridized carbons (Fsp3) is 0.944. The molecule has 0 aromatic carbocycles. The Morgan fingerprint density at radius 3 is 2.43 bits per heavy atom. The number of carbonyl (C=O) groups is 1. The molecule has 1 saturated heterocycles. The van der Waals surface area contributed by atoms with Crippen molar-refractivity contribution in [3.8, 4) is 0 Å². The van der Waals surface area contributed by atoms with E-state index in [9.17, 15) is 4.79 Å². The Morgan fingerprint density at radius 1 is 1.05 bits per heavy atom. The Hall–Kier alpha value is -0.570. The highest BCUT2D eigenvalue weighted by Crippen LogP contribution is 2.41. The molecule has 3 aliphatic carbocycles. The second-order valence-corrected chi connectivity index (χ2v) is 8.01. The predicted molar refractivity (Wildman–Crippen MR) is 83.8 cm³/mol. The first kappa shape index (κ1) is 14.0. The van der Waals surface area contributed by atoms with Crippen LogP contribution in [0.25, 0.3) is 0 Å². The molecule has 1 aliphatic heterocycles. The van der Waals surface area contributed by atoms with Crippen molar-refractivity contribution in [2.24, 2.45) is 11.8 Å². The van der Waals surface area contributed by atoms with E-state index in [-0.39, 0.29) is 5.54 Å². The number of rotatable bonds is 5. The SMILES string of the molecule is O=C1N(CCCC2CC2)C(C2CCCC2)NC12CCCC2. The van der Waals surface area contributed by atoms with Gasteiger partial charge < -0.3 is 4.90 Å². The fourth-order valence-corrected chi connectivity index (χ4v) is 5.00. The summed E-state index contributed by atoms with van der Waals surface area (Å²) >= 11 is 0. The molecule has 4 fully saturated rings. The van der Waals surface area contributed by atoms with Crippen molar-refractivity contribution in [1.82, 2.24) is 10.2 Å². The second kappa shape index (κ2) is 5.57. The lowest BCUT2D eigenvalue weighted by atomic mass is 9.97. The maximum Gasteiger partial charge on any atom is 0.244 e. The minimum atomic E-state index is -0.160. The largest absolute Gasteiger partial charge is 0.325 e. The van der Waals surface area contributed by atoms with Gasteiger partial charge >= 0.3 is 0 Å². The third-order valence-electron chi connectivity index (χ3n) is 6.44. The van der Waals surface area contributed by atoms with E-state index in [1.807, 2.05) is 0 Å². The zero-order valence-electron chi connectivity index (χ0n) is 13.3. The number of hydrogen-bond acceptors (Lipinski definition) is 2. The summed E-state index contributed by atoms with van der Waals surface area (Å²) in [5.41, 5.74) is -0.160. The van der Waals surface area contributed by atoms with E-state index in [2.05, 4.69) is 10.2 Å². The maximum absolute atomic E-state index is 13.1. The van der Waals surface area contributed by atoms with Crippen LogP contribution in [0.4, 0.5) is 0 Å². The monoisotopic (exact) mass is 290 g/mol. The number of hydrogen-bond donors (Lipinski definition) is 1. The number of nitrogens with one attached hydrogen (secondary N) is 1. The van der Waals surface area contributed by atoms with Gasteiger partial charge in [-0.15, -0.1) is 0 Å². The van der Waals surface area contributed by atoms with E-state index in [4.69, 9.17) is 0 Å². The summed E-state index contributed by atoms with van der Waals surface area (Å²) in [5, 5.41) is 3.84. The first-order valence-electron chi connectivity index (χ1n) is 9.37. The van der Waals surface area contributed by atoms with Gasteiger partial charge in [0.05, 0.1) is 11.7 Å². The summed E-state index contributed by atoms with van der Waals surface area (Å²) < 4.78 is 0. The minimum absolute atomic E-state index is 0.160. The van der Waals surface area contributed by atoms with E-state index >= 15 is 0 Å². The molecule has 1 heterocycles. The normalized spacial score (nSPS) is 32.7. The number of amides is 1. The molecule has 1 N–H and O–H groups in total. The average molecular weight is 290 g/mol. The van der Waals surface area contributed by atoms with Crippen LogP contribution < -0.4 is 5.32 Å². The van der Waals surface area contributed by atoms with Crippen molar-refractivity contribution in [2.45, 2.75) is 88.8 Å². The van der Waals surface area contributed by atoms with Crippen molar-refractivity contribution in [2.75, 3.05) is 6.54 Å². The van der Waals surface area contributed by atoms with Crippen molar-refractivity contribution in [1.29, 1.82) is 0 Å². The first-order valence-corrected chi connectivity index (χ1v) is 9.37. The summed E-state index contributed by atoms with van der Waals surface area (Å²) in [5.74, 6) is 2.16. The lowest BCUT2D eigenvalue weighted by Crippen LogP contribution is -2.46. The molecule has 3 nitrogen and oxygen atoms in total. The standard InChI is InChI=1S/C18H30N2O/c21-17-18(11-3-4-12-18)19-16(15-7-1-2-8-15)20(17)13-5-6-14-9-10-14/h14-16,19H,1-13H2. The van der Waals surface area contributed by atoms with Crippen LogP contribution in [0.2, 0.25) is 0 Å². The smallest absolute Gasteiger partial charge is 0.244 e. The Bertz CT molecular complexity index is 392. The van der Waals surface area contributed by atoms with Crippen LogP contribution in [0.3, 0.4) is 0 Å². The quantitative estimate of drug-likeness (QED) is 0.841. The molecule has 4 aliphatic rings. The van der Waals surface area contributed by atoms with Crippen molar-refractivity contribution < 1.29 is 4.79 Å². The van der Waals surface area contributed by atoms with Crippen molar-refractivity contribution in [3.63, 3.8) is 0 Å². The van der Waals surface area contributed by atoms with E-state index in [0.717, 1.165) is 31.2 Å². The Labute approximate surface area is 128 Å². The Kier molecular flexibility index (Phi) is 3.72. The molecule has 3 saturated carbocycles. The molecule has 1 spiro atoms. The van der Waals surface area contributed by atoms with E-state index in [0.29, 0.717) is 12.1 Å². The van der Waals surface area contributed by atoms with Crippen LogP contribution in [0.15, 0.2) is 0 Å².